The third-order valence-electron chi connectivity index (χ3n) is 0.854. The van der Waals surface area contributed by atoms with Crippen molar-refractivity contribution in [2.24, 2.45) is 5.92 Å². The topological polar surface area (TPSA) is 33.0 Å². The molecule has 0 saturated carbocycles. The SMILES string of the molecule is CC(C#N)COCC(F)(F)F. The van der Waals surface area contributed by atoms with E-state index in [-0.39, 0.29) is 6.61 Å². The summed E-state index contributed by atoms with van der Waals surface area (Å²) < 4.78 is 38.4. The summed E-state index contributed by atoms with van der Waals surface area (Å²) in [6, 6.07) is 1.76. The molecule has 0 heterocycles. The maximum atomic E-state index is 11.4. The van der Waals surface area contributed by atoms with Crippen molar-refractivity contribution in [2.45, 2.75) is 13.1 Å². The molecule has 0 amide bonds. The highest BCUT2D eigenvalue weighted by Gasteiger charge is 2.27. The number of rotatable bonds is 3. The lowest BCUT2D eigenvalue weighted by Crippen LogP contribution is -2.19. The zero-order valence-electron chi connectivity index (χ0n) is 5.98. The van der Waals surface area contributed by atoms with Crippen LogP contribution in [0.15, 0.2) is 0 Å². The predicted octanol–water partition coefficient (Wildman–Crippen LogP) is 1.72. The average molecular weight is 167 g/mol. The van der Waals surface area contributed by atoms with E-state index in [2.05, 4.69) is 4.74 Å². The first-order valence-electron chi connectivity index (χ1n) is 3.00. The van der Waals surface area contributed by atoms with Crippen molar-refractivity contribution in [1.82, 2.24) is 0 Å². The van der Waals surface area contributed by atoms with E-state index in [0.717, 1.165) is 0 Å². The van der Waals surface area contributed by atoms with Gasteiger partial charge in [-0.2, -0.15) is 18.4 Å². The lowest BCUT2D eigenvalue weighted by atomic mass is 10.2. The molecule has 0 aliphatic carbocycles. The summed E-state index contributed by atoms with van der Waals surface area (Å²) in [5.74, 6) is -0.489. The molecule has 0 aliphatic rings. The van der Waals surface area contributed by atoms with Gasteiger partial charge in [-0.15, -0.1) is 0 Å². The molecule has 0 rings (SSSR count). The Bertz CT molecular complexity index is 149. The molecule has 0 aromatic heterocycles. The Kier molecular flexibility index (Phi) is 3.90. The molecule has 0 spiro atoms. The van der Waals surface area contributed by atoms with Gasteiger partial charge in [-0.05, 0) is 6.92 Å². The Balaban J connectivity index is 3.37. The van der Waals surface area contributed by atoms with E-state index in [4.69, 9.17) is 5.26 Å². The van der Waals surface area contributed by atoms with Gasteiger partial charge >= 0.3 is 6.18 Å². The number of alkyl halides is 3. The second-order valence-corrected chi connectivity index (χ2v) is 2.16. The number of hydrogen-bond acceptors (Lipinski definition) is 2. The van der Waals surface area contributed by atoms with Gasteiger partial charge in [-0.25, -0.2) is 0 Å². The van der Waals surface area contributed by atoms with E-state index < -0.39 is 18.7 Å². The second-order valence-electron chi connectivity index (χ2n) is 2.16. The normalized spacial score (nSPS) is 14.1. The first kappa shape index (κ1) is 10.2. The Morgan fingerprint density at radius 2 is 2.09 bits per heavy atom. The minimum Gasteiger partial charge on any atom is -0.371 e. The van der Waals surface area contributed by atoms with Crippen molar-refractivity contribution in [3.8, 4) is 6.07 Å². The molecule has 0 N–H and O–H groups in total. The van der Waals surface area contributed by atoms with Crippen molar-refractivity contribution >= 4 is 0 Å². The van der Waals surface area contributed by atoms with Gasteiger partial charge in [0, 0.05) is 0 Å². The fraction of sp³-hybridized carbons (Fsp3) is 0.833. The summed E-state index contributed by atoms with van der Waals surface area (Å²) in [7, 11) is 0. The molecule has 0 aromatic carbocycles. The van der Waals surface area contributed by atoms with Crippen LogP contribution in [0.3, 0.4) is 0 Å². The molecule has 0 radical (unpaired) electrons. The Hall–Kier alpha value is -0.760. The van der Waals surface area contributed by atoms with Crippen LogP contribution >= 0.6 is 0 Å². The number of nitriles is 1. The van der Waals surface area contributed by atoms with Crippen LogP contribution in [0, 0.1) is 17.2 Å². The highest BCUT2D eigenvalue weighted by atomic mass is 19.4. The van der Waals surface area contributed by atoms with Crippen LogP contribution in [0.25, 0.3) is 0 Å². The van der Waals surface area contributed by atoms with Gasteiger partial charge in [0.1, 0.15) is 6.61 Å². The van der Waals surface area contributed by atoms with Crippen LogP contribution in [0.4, 0.5) is 13.2 Å². The molecule has 64 valence electrons. The summed E-state index contributed by atoms with van der Waals surface area (Å²) in [6.45, 7) is 0.0470. The molecule has 1 atom stereocenters. The number of halogens is 3. The lowest BCUT2D eigenvalue weighted by molar-refractivity contribution is -0.175. The summed E-state index contributed by atoms with van der Waals surface area (Å²) in [5.41, 5.74) is 0. The minimum absolute atomic E-state index is 0.171. The number of hydrogen-bond donors (Lipinski definition) is 0. The van der Waals surface area contributed by atoms with Crippen molar-refractivity contribution in [3.63, 3.8) is 0 Å². The van der Waals surface area contributed by atoms with Crippen molar-refractivity contribution in [1.29, 1.82) is 5.26 Å². The summed E-state index contributed by atoms with van der Waals surface area (Å²) in [4.78, 5) is 0. The average Bonchev–Trinajstić information content (AvgIpc) is 1.85. The van der Waals surface area contributed by atoms with E-state index in [9.17, 15) is 13.2 Å². The zero-order valence-corrected chi connectivity index (χ0v) is 5.98. The van der Waals surface area contributed by atoms with Crippen LogP contribution in [0.1, 0.15) is 6.92 Å². The van der Waals surface area contributed by atoms with Crippen LogP contribution < -0.4 is 0 Å². The largest absolute Gasteiger partial charge is 0.411 e. The highest BCUT2D eigenvalue weighted by Crippen LogP contribution is 2.14. The first-order valence-corrected chi connectivity index (χ1v) is 3.00. The van der Waals surface area contributed by atoms with Gasteiger partial charge in [0.05, 0.1) is 18.6 Å². The lowest BCUT2D eigenvalue weighted by Gasteiger charge is -2.07. The zero-order chi connectivity index (χ0) is 8.91. The van der Waals surface area contributed by atoms with Crippen molar-refractivity contribution in [2.75, 3.05) is 13.2 Å². The third kappa shape index (κ3) is 7.13. The van der Waals surface area contributed by atoms with Gasteiger partial charge in [-0.1, -0.05) is 0 Å². The summed E-state index contributed by atoms with van der Waals surface area (Å²) in [6.07, 6.45) is -4.30. The maximum absolute atomic E-state index is 11.4. The third-order valence-corrected chi connectivity index (χ3v) is 0.854. The maximum Gasteiger partial charge on any atom is 0.411 e. The predicted molar refractivity (Wildman–Crippen MR) is 31.7 cm³/mol. The van der Waals surface area contributed by atoms with Gasteiger partial charge < -0.3 is 4.74 Å². The van der Waals surface area contributed by atoms with Crippen LogP contribution in [0.2, 0.25) is 0 Å². The van der Waals surface area contributed by atoms with Crippen LogP contribution in [-0.2, 0) is 4.74 Å². The van der Waals surface area contributed by atoms with Gasteiger partial charge in [0.15, 0.2) is 0 Å². The molecular weight excluding hydrogens is 159 g/mol. The molecule has 0 fully saturated rings. The second kappa shape index (κ2) is 4.19. The van der Waals surface area contributed by atoms with E-state index >= 15 is 0 Å². The molecule has 2 nitrogen and oxygen atoms in total. The van der Waals surface area contributed by atoms with Gasteiger partial charge in [-0.3, -0.25) is 0 Å². The summed E-state index contributed by atoms with van der Waals surface area (Å²) >= 11 is 0. The standard InChI is InChI=1S/C6H8F3NO/c1-5(2-10)3-11-4-6(7,8)9/h5H,3-4H2,1H3. The van der Waals surface area contributed by atoms with Gasteiger partial charge in [0.25, 0.3) is 0 Å². The number of nitrogens with zero attached hydrogens (tertiary/aromatic N) is 1. The quantitative estimate of drug-likeness (QED) is 0.641. The Labute approximate surface area is 62.6 Å². The van der Waals surface area contributed by atoms with E-state index in [1.807, 2.05) is 0 Å². The van der Waals surface area contributed by atoms with Crippen molar-refractivity contribution in [3.05, 3.63) is 0 Å². The molecule has 5 heteroatoms. The van der Waals surface area contributed by atoms with E-state index in [1.165, 1.54) is 6.92 Å². The minimum atomic E-state index is -4.30. The molecule has 0 bridgehead atoms. The van der Waals surface area contributed by atoms with E-state index in [1.54, 1.807) is 6.07 Å². The van der Waals surface area contributed by atoms with Crippen LogP contribution in [0.5, 0.6) is 0 Å². The fourth-order valence-corrected chi connectivity index (χ4v) is 0.389. The molecular formula is C6H8F3NO. The number of ether oxygens (including phenoxy) is 1. The van der Waals surface area contributed by atoms with Gasteiger partial charge in [0.2, 0.25) is 0 Å². The highest BCUT2D eigenvalue weighted by molar-refractivity contribution is 4.77. The van der Waals surface area contributed by atoms with E-state index in [0.29, 0.717) is 0 Å². The fourth-order valence-electron chi connectivity index (χ4n) is 0.389. The van der Waals surface area contributed by atoms with Crippen molar-refractivity contribution < 1.29 is 17.9 Å². The molecule has 0 aromatic rings. The first-order chi connectivity index (χ1) is 4.95. The Morgan fingerprint density at radius 1 is 1.55 bits per heavy atom. The molecule has 11 heavy (non-hydrogen) atoms. The van der Waals surface area contributed by atoms with Crippen LogP contribution in [-0.4, -0.2) is 19.4 Å². The Morgan fingerprint density at radius 3 is 2.45 bits per heavy atom. The smallest absolute Gasteiger partial charge is 0.371 e. The molecule has 0 saturated heterocycles. The molecule has 1 unspecified atom stereocenters. The summed E-state index contributed by atoms with van der Waals surface area (Å²) in [5, 5.41) is 8.15. The monoisotopic (exact) mass is 167 g/mol. The molecule has 0 aliphatic heterocycles.